The average Bonchev–Trinajstić information content (AvgIpc) is 2.27. The Morgan fingerprint density at radius 2 is 2.17 bits per heavy atom. The number of aryl methyl sites for hydroxylation is 1. The van der Waals surface area contributed by atoms with Gasteiger partial charge in [0.25, 0.3) is 6.43 Å². The molecule has 0 bridgehead atoms. The van der Waals surface area contributed by atoms with Crippen molar-refractivity contribution in [3.8, 4) is 0 Å². The van der Waals surface area contributed by atoms with Crippen LogP contribution in [0.5, 0.6) is 0 Å². The second-order valence-corrected chi connectivity index (χ2v) is 4.16. The number of hydrogen-bond acceptors (Lipinski definition) is 4. The Morgan fingerprint density at radius 3 is 2.72 bits per heavy atom. The predicted octanol–water partition coefficient (Wildman–Crippen LogP) is 2.15. The number of halogens is 3. The van der Waals surface area contributed by atoms with Crippen LogP contribution in [0.2, 0.25) is 5.15 Å². The van der Waals surface area contributed by atoms with Crippen LogP contribution in [0.1, 0.15) is 19.2 Å². The zero-order chi connectivity index (χ0) is 13.5. The third kappa shape index (κ3) is 4.70. The molecular weight excluding hydrogens is 264 g/mol. The fourth-order valence-electron chi connectivity index (χ4n) is 1.54. The molecule has 1 aromatic heterocycles. The van der Waals surface area contributed by atoms with Crippen LogP contribution in [0.3, 0.4) is 0 Å². The van der Waals surface area contributed by atoms with Crippen LogP contribution < -0.4 is 4.90 Å². The van der Waals surface area contributed by atoms with Crippen LogP contribution in [-0.2, 0) is 6.42 Å². The number of aliphatic hydroxyl groups is 1. The minimum absolute atomic E-state index is 0.0866. The highest BCUT2D eigenvalue weighted by atomic mass is 35.5. The van der Waals surface area contributed by atoms with Gasteiger partial charge in [0.15, 0.2) is 0 Å². The monoisotopic (exact) mass is 279 g/mol. The normalized spacial score (nSPS) is 11.0. The van der Waals surface area contributed by atoms with Crippen molar-refractivity contribution < 1.29 is 13.9 Å². The Morgan fingerprint density at radius 1 is 1.44 bits per heavy atom. The van der Waals surface area contributed by atoms with Gasteiger partial charge in [0.2, 0.25) is 0 Å². The largest absolute Gasteiger partial charge is 0.395 e. The number of rotatable bonds is 7. The first-order chi connectivity index (χ1) is 8.56. The molecule has 102 valence electrons. The molecule has 7 heteroatoms. The van der Waals surface area contributed by atoms with E-state index in [2.05, 4.69) is 9.97 Å². The molecule has 1 heterocycles. The predicted molar refractivity (Wildman–Crippen MR) is 66.3 cm³/mol. The van der Waals surface area contributed by atoms with E-state index in [9.17, 15) is 8.78 Å². The summed E-state index contributed by atoms with van der Waals surface area (Å²) in [4.78, 5) is 9.51. The van der Waals surface area contributed by atoms with Crippen molar-refractivity contribution in [2.75, 3.05) is 24.6 Å². The van der Waals surface area contributed by atoms with E-state index in [1.165, 1.54) is 11.0 Å². The summed E-state index contributed by atoms with van der Waals surface area (Å²) in [5, 5.41) is 9.11. The molecule has 0 aliphatic rings. The minimum atomic E-state index is -2.50. The summed E-state index contributed by atoms with van der Waals surface area (Å²) in [6, 6.07) is 1.43. The molecule has 1 aromatic rings. The van der Waals surface area contributed by atoms with Gasteiger partial charge in [-0.3, -0.25) is 0 Å². The maximum Gasteiger partial charge on any atom is 0.255 e. The Hall–Kier alpha value is -1.01. The Labute approximate surface area is 110 Å². The van der Waals surface area contributed by atoms with Crippen LogP contribution in [0.25, 0.3) is 0 Å². The molecule has 4 nitrogen and oxygen atoms in total. The maximum atomic E-state index is 12.4. The van der Waals surface area contributed by atoms with Gasteiger partial charge in [-0.2, -0.15) is 0 Å². The van der Waals surface area contributed by atoms with E-state index < -0.39 is 13.0 Å². The summed E-state index contributed by atoms with van der Waals surface area (Å²) in [7, 11) is 0. The fraction of sp³-hybridized carbons (Fsp3) is 0.636. The first kappa shape index (κ1) is 15.0. The molecule has 18 heavy (non-hydrogen) atoms. The molecule has 0 aromatic carbocycles. The third-order valence-corrected chi connectivity index (χ3v) is 2.45. The van der Waals surface area contributed by atoms with Crippen molar-refractivity contribution in [1.82, 2.24) is 9.97 Å². The van der Waals surface area contributed by atoms with Crippen molar-refractivity contribution in [1.29, 1.82) is 0 Å². The van der Waals surface area contributed by atoms with Gasteiger partial charge in [0.1, 0.15) is 16.8 Å². The van der Waals surface area contributed by atoms with Crippen molar-refractivity contribution in [3.05, 3.63) is 17.0 Å². The number of alkyl halides is 2. The topological polar surface area (TPSA) is 49.2 Å². The van der Waals surface area contributed by atoms with E-state index in [-0.39, 0.29) is 18.3 Å². The lowest BCUT2D eigenvalue weighted by molar-refractivity contribution is 0.152. The van der Waals surface area contributed by atoms with Crippen molar-refractivity contribution >= 4 is 17.4 Å². The highest BCUT2D eigenvalue weighted by Gasteiger charge is 2.15. The second-order valence-electron chi connectivity index (χ2n) is 3.78. The van der Waals surface area contributed by atoms with Crippen LogP contribution in [0, 0.1) is 0 Å². The van der Waals surface area contributed by atoms with E-state index in [1.807, 2.05) is 6.92 Å². The highest BCUT2D eigenvalue weighted by Crippen LogP contribution is 2.17. The minimum Gasteiger partial charge on any atom is -0.395 e. The standard InChI is InChI=1S/C11H16ClF2N3O/c1-2-3-10-15-8(12)6-11(16-10)17(4-5-18)7-9(13)14/h6,9,18H,2-5,7H2,1H3. The molecule has 1 N–H and O–H groups in total. The lowest BCUT2D eigenvalue weighted by Gasteiger charge is -2.22. The van der Waals surface area contributed by atoms with Crippen molar-refractivity contribution in [2.45, 2.75) is 26.2 Å². The zero-order valence-corrected chi connectivity index (χ0v) is 10.9. The molecule has 0 amide bonds. The average molecular weight is 280 g/mol. The molecule has 0 aliphatic carbocycles. The summed E-state index contributed by atoms with van der Waals surface area (Å²) in [6.07, 6.45) is -1.02. The quantitative estimate of drug-likeness (QED) is 0.777. The smallest absolute Gasteiger partial charge is 0.255 e. The summed E-state index contributed by atoms with van der Waals surface area (Å²) in [6.45, 7) is 1.34. The molecule has 0 atom stereocenters. The lowest BCUT2D eigenvalue weighted by atomic mass is 10.3. The molecule has 0 fully saturated rings. The van der Waals surface area contributed by atoms with E-state index in [0.717, 1.165) is 6.42 Å². The van der Waals surface area contributed by atoms with Gasteiger partial charge in [-0.05, 0) is 6.42 Å². The van der Waals surface area contributed by atoms with Crippen LogP contribution in [0.4, 0.5) is 14.6 Å². The molecule has 0 spiro atoms. The molecule has 1 rings (SSSR count). The van der Waals surface area contributed by atoms with E-state index in [4.69, 9.17) is 16.7 Å². The van der Waals surface area contributed by atoms with E-state index in [0.29, 0.717) is 18.1 Å². The Kier molecular flexibility index (Phi) is 6.21. The van der Waals surface area contributed by atoms with E-state index >= 15 is 0 Å². The maximum absolute atomic E-state index is 12.4. The van der Waals surface area contributed by atoms with Gasteiger partial charge < -0.3 is 10.0 Å². The molecule has 0 radical (unpaired) electrons. The van der Waals surface area contributed by atoms with Gasteiger partial charge in [-0.25, -0.2) is 18.7 Å². The van der Waals surface area contributed by atoms with Gasteiger partial charge in [-0.1, -0.05) is 18.5 Å². The molecule has 0 aliphatic heterocycles. The van der Waals surface area contributed by atoms with Gasteiger partial charge in [-0.15, -0.1) is 0 Å². The number of nitrogens with zero attached hydrogens (tertiary/aromatic N) is 3. The van der Waals surface area contributed by atoms with Crippen molar-refractivity contribution in [3.63, 3.8) is 0 Å². The van der Waals surface area contributed by atoms with Crippen LogP contribution >= 0.6 is 11.6 Å². The summed E-state index contributed by atoms with van der Waals surface area (Å²) in [5.41, 5.74) is 0. The molecule has 0 saturated heterocycles. The molecular formula is C11H16ClF2N3O. The van der Waals surface area contributed by atoms with Gasteiger partial charge in [0, 0.05) is 19.0 Å². The SMILES string of the molecule is CCCc1nc(Cl)cc(N(CCO)CC(F)F)n1. The van der Waals surface area contributed by atoms with Crippen molar-refractivity contribution in [2.24, 2.45) is 0 Å². The summed E-state index contributed by atoms with van der Waals surface area (Å²) < 4.78 is 24.9. The summed E-state index contributed by atoms with van der Waals surface area (Å²) in [5.74, 6) is 0.852. The second kappa shape index (κ2) is 7.43. The Balaban J connectivity index is 2.95. The zero-order valence-electron chi connectivity index (χ0n) is 10.1. The number of aromatic nitrogens is 2. The highest BCUT2D eigenvalue weighted by molar-refractivity contribution is 6.29. The number of hydrogen-bond donors (Lipinski definition) is 1. The first-order valence-electron chi connectivity index (χ1n) is 5.74. The van der Waals surface area contributed by atoms with Gasteiger partial charge >= 0.3 is 0 Å². The number of aliphatic hydroxyl groups excluding tert-OH is 1. The lowest BCUT2D eigenvalue weighted by Crippen LogP contribution is -2.32. The number of anilines is 1. The third-order valence-electron chi connectivity index (χ3n) is 2.25. The molecule has 0 saturated carbocycles. The molecule has 0 unspecified atom stereocenters. The summed E-state index contributed by atoms with van der Waals surface area (Å²) >= 11 is 5.84. The fourth-order valence-corrected chi connectivity index (χ4v) is 1.73. The van der Waals surface area contributed by atoms with Crippen LogP contribution in [-0.4, -0.2) is 41.2 Å². The van der Waals surface area contributed by atoms with Gasteiger partial charge in [0.05, 0.1) is 13.2 Å². The van der Waals surface area contributed by atoms with E-state index in [1.54, 1.807) is 0 Å². The Bertz CT molecular complexity index is 379. The first-order valence-corrected chi connectivity index (χ1v) is 6.12. The van der Waals surface area contributed by atoms with Crippen LogP contribution in [0.15, 0.2) is 6.07 Å².